The average molecular weight is 204 g/mol. The zero-order valence-corrected chi connectivity index (χ0v) is 9.09. The van der Waals surface area contributed by atoms with Crippen LogP contribution in [0.3, 0.4) is 0 Å². The van der Waals surface area contributed by atoms with Crippen LogP contribution in [-0.4, -0.2) is 14.7 Å². The van der Waals surface area contributed by atoms with Gasteiger partial charge in [-0.3, -0.25) is 0 Å². The summed E-state index contributed by atoms with van der Waals surface area (Å²) < 4.78 is 1.79. The molecule has 80 valence electrons. The van der Waals surface area contributed by atoms with Crippen LogP contribution in [-0.2, 0) is 0 Å². The van der Waals surface area contributed by atoms with Crippen LogP contribution in [0.15, 0.2) is 30.6 Å². The van der Waals surface area contributed by atoms with Crippen molar-refractivity contribution in [3.05, 3.63) is 36.2 Å². The number of aromatic nitrogens is 2. The third-order valence-electron chi connectivity index (χ3n) is 2.96. The summed E-state index contributed by atoms with van der Waals surface area (Å²) in [5.74, 6) is 0.262. The van der Waals surface area contributed by atoms with E-state index in [1.165, 1.54) is 0 Å². The second kappa shape index (κ2) is 4.03. The van der Waals surface area contributed by atoms with Crippen molar-refractivity contribution in [1.82, 2.24) is 9.61 Å². The molecular formula is C12H16N2O. The second-order valence-electron chi connectivity index (χ2n) is 3.96. The van der Waals surface area contributed by atoms with Gasteiger partial charge in [0.2, 0.25) is 0 Å². The summed E-state index contributed by atoms with van der Waals surface area (Å²) in [6, 6.07) is 5.87. The first kappa shape index (κ1) is 10.2. The number of nitrogens with zero attached hydrogens (tertiary/aromatic N) is 2. The fourth-order valence-electron chi connectivity index (χ4n) is 1.71. The van der Waals surface area contributed by atoms with Crippen LogP contribution in [0.2, 0.25) is 0 Å². The highest BCUT2D eigenvalue weighted by Crippen LogP contribution is 2.26. The Hall–Kier alpha value is -1.35. The van der Waals surface area contributed by atoms with E-state index in [2.05, 4.69) is 18.9 Å². The van der Waals surface area contributed by atoms with Crippen LogP contribution in [0, 0.1) is 5.92 Å². The summed E-state index contributed by atoms with van der Waals surface area (Å²) in [6.07, 6.45) is 4.19. The van der Waals surface area contributed by atoms with Gasteiger partial charge >= 0.3 is 0 Å². The highest BCUT2D eigenvalue weighted by molar-refractivity contribution is 5.54. The predicted octanol–water partition coefficient (Wildman–Crippen LogP) is 2.41. The van der Waals surface area contributed by atoms with E-state index < -0.39 is 6.10 Å². The lowest BCUT2D eigenvalue weighted by atomic mass is 9.96. The van der Waals surface area contributed by atoms with E-state index in [-0.39, 0.29) is 5.92 Å². The molecule has 0 bridgehead atoms. The molecule has 3 nitrogen and oxygen atoms in total. The van der Waals surface area contributed by atoms with Crippen LogP contribution < -0.4 is 0 Å². The Bertz CT molecular complexity index is 450. The summed E-state index contributed by atoms with van der Waals surface area (Å²) >= 11 is 0. The molecule has 2 rings (SSSR count). The molecule has 2 unspecified atom stereocenters. The van der Waals surface area contributed by atoms with Gasteiger partial charge in [-0.2, -0.15) is 5.10 Å². The van der Waals surface area contributed by atoms with Gasteiger partial charge < -0.3 is 5.11 Å². The topological polar surface area (TPSA) is 37.5 Å². The number of pyridine rings is 1. The molecule has 0 aliphatic rings. The van der Waals surface area contributed by atoms with Crippen molar-refractivity contribution in [2.75, 3.05) is 0 Å². The Morgan fingerprint density at radius 1 is 1.47 bits per heavy atom. The van der Waals surface area contributed by atoms with Gasteiger partial charge in [0.1, 0.15) is 0 Å². The zero-order valence-electron chi connectivity index (χ0n) is 9.09. The second-order valence-corrected chi connectivity index (χ2v) is 3.96. The average Bonchev–Trinajstić information content (AvgIpc) is 2.70. The maximum absolute atomic E-state index is 10.1. The molecular weight excluding hydrogens is 188 g/mol. The lowest BCUT2D eigenvalue weighted by Gasteiger charge is -2.15. The van der Waals surface area contributed by atoms with Gasteiger partial charge in [-0.05, 0) is 18.1 Å². The lowest BCUT2D eigenvalue weighted by molar-refractivity contribution is 0.117. The zero-order chi connectivity index (χ0) is 10.8. The first-order chi connectivity index (χ1) is 7.24. The Morgan fingerprint density at radius 3 is 3.00 bits per heavy atom. The van der Waals surface area contributed by atoms with Gasteiger partial charge in [0.05, 0.1) is 17.8 Å². The molecule has 2 aromatic rings. The van der Waals surface area contributed by atoms with Crippen LogP contribution in [0.4, 0.5) is 0 Å². The third kappa shape index (κ3) is 1.75. The molecule has 0 saturated heterocycles. The maximum atomic E-state index is 10.1. The van der Waals surface area contributed by atoms with Gasteiger partial charge in [0.15, 0.2) is 0 Å². The molecule has 0 amide bonds. The minimum absolute atomic E-state index is 0.262. The number of rotatable bonds is 3. The van der Waals surface area contributed by atoms with E-state index in [4.69, 9.17) is 0 Å². The highest BCUT2D eigenvalue weighted by atomic mass is 16.3. The van der Waals surface area contributed by atoms with Crippen LogP contribution in [0.1, 0.15) is 31.9 Å². The Labute approximate surface area is 89.4 Å². The van der Waals surface area contributed by atoms with Crippen LogP contribution >= 0.6 is 0 Å². The van der Waals surface area contributed by atoms with Crippen LogP contribution in [0.25, 0.3) is 5.52 Å². The number of hydrogen-bond acceptors (Lipinski definition) is 2. The van der Waals surface area contributed by atoms with Crippen molar-refractivity contribution < 1.29 is 5.11 Å². The fraction of sp³-hybridized carbons (Fsp3) is 0.417. The summed E-state index contributed by atoms with van der Waals surface area (Å²) in [5, 5.41) is 14.3. The fourth-order valence-corrected chi connectivity index (χ4v) is 1.71. The number of hydrogen-bond donors (Lipinski definition) is 1. The SMILES string of the molecule is CCC(C)C(O)c1cnn2ccccc12. The summed E-state index contributed by atoms with van der Waals surface area (Å²) in [4.78, 5) is 0. The Balaban J connectivity index is 2.43. The Kier molecular flexibility index (Phi) is 2.73. The molecule has 15 heavy (non-hydrogen) atoms. The van der Waals surface area contributed by atoms with Crippen molar-refractivity contribution in [2.24, 2.45) is 5.92 Å². The van der Waals surface area contributed by atoms with E-state index in [9.17, 15) is 5.11 Å². The molecule has 2 atom stereocenters. The Morgan fingerprint density at radius 2 is 2.27 bits per heavy atom. The normalized spacial score (nSPS) is 15.4. The summed E-state index contributed by atoms with van der Waals surface area (Å²) in [7, 11) is 0. The minimum atomic E-state index is -0.421. The lowest BCUT2D eigenvalue weighted by Crippen LogP contribution is -2.07. The largest absolute Gasteiger partial charge is 0.388 e. The predicted molar refractivity (Wildman–Crippen MR) is 59.6 cm³/mol. The van der Waals surface area contributed by atoms with E-state index in [0.717, 1.165) is 17.5 Å². The third-order valence-corrected chi connectivity index (χ3v) is 2.96. The van der Waals surface area contributed by atoms with Crippen LogP contribution in [0.5, 0.6) is 0 Å². The highest BCUT2D eigenvalue weighted by Gasteiger charge is 2.18. The molecule has 0 aliphatic carbocycles. The maximum Gasteiger partial charge on any atom is 0.0852 e. The van der Waals surface area contributed by atoms with E-state index in [0.29, 0.717) is 0 Å². The quantitative estimate of drug-likeness (QED) is 0.833. The molecule has 0 spiro atoms. The van der Waals surface area contributed by atoms with Gasteiger partial charge in [-0.1, -0.05) is 26.3 Å². The van der Waals surface area contributed by atoms with Crippen molar-refractivity contribution in [1.29, 1.82) is 0 Å². The summed E-state index contributed by atoms with van der Waals surface area (Å²) in [6.45, 7) is 4.14. The standard InChI is InChI=1S/C12H16N2O/c1-3-9(2)12(15)10-8-13-14-7-5-4-6-11(10)14/h4-9,12,15H,3H2,1-2H3. The first-order valence-corrected chi connectivity index (χ1v) is 5.34. The van der Waals surface area contributed by atoms with E-state index in [1.807, 2.05) is 24.4 Å². The number of fused-ring (bicyclic) bond motifs is 1. The smallest absolute Gasteiger partial charge is 0.0852 e. The monoisotopic (exact) mass is 204 g/mol. The summed E-state index contributed by atoms with van der Waals surface area (Å²) in [5.41, 5.74) is 1.91. The van der Waals surface area contributed by atoms with Gasteiger partial charge in [-0.15, -0.1) is 0 Å². The van der Waals surface area contributed by atoms with Gasteiger partial charge in [-0.25, -0.2) is 4.52 Å². The van der Waals surface area contributed by atoms with E-state index >= 15 is 0 Å². The van der Waals surface area contributed by atoms with Gasteiger partial charge in [0, 0.05) is 11.8 Å². The first-order valence-electron chi connectivity index (χ1n) is 5.34. The minimum Gasteiger partial charge on any atom is -0.388 e. The molecule has 3 heteroatoms. The molecule has 0 radical (unpaired) electrons. The van der Waals surface area contributed by atoms with Crippen molar-refractivity contribution in [3.8, 4) is 0 Å². The molecule has 0 fully saturated rings. The van der Waals surface area contributed by atoms with Crippen molar-refractivity contribution in [3.63, 3.8) is 0 Å². The molecule has 0 aromatic carbocycles. The number of aliphatic hydroxyl groups is 1. The van der Waals surface area contributed by atoms with Crippen molar-refractivity contribution >= 4 is 5.52 Å². The number of aliphatic hydroxyl groups excluding tert-OH is 1. The molecule has 0 saturated carbocycles. The van der Waals surface area contributed by atoms with Gasteiger partial charge in [0.25, 0.3) is 0 Å². The molecule has 2 heterocycles. The molecule has 2 aromatic heterocycles. The van der Waals surface area contributed by atoms with Crippen molar-refractivity contribution in [2.45, 2.75) is 26.4 Å². The molecule has 0 aliphatic heterocycles. The van der Waals surface area contributed by atoms with E-state index in [1.54, 1.807) is 10.7 Å². The molecule has 1 N–H and O–H groups in total.